The van der Waals surface area contributed by atoms with Gasteiger partial charge in [0.25, 0.3) is 6.43 Å². The van der Waals surface area contributed by atoms with Crippen LogP contribution >= 0.6 is 0 Å². The van der Waals surface area contributed by atoms with Crippen LogP contribution in [-0.4, -0.2) is 17.6 Å². The molecule has 1 rings (SSSR count). The van der Waals surface area contributed by atoms with E-state index in [0.29, 0.717) is 6.07 Å². The van der Waals surface area contributed by atoms with Gasteiger partial charge in [0.15, 0.2) is 11.5 Å². The monoisotopic (exact) mass is 244 g/mol. The maximum absolute atomic E-state index is 13.2. The molecular formula is C10H7F3N2O2. The molecule has 0 aliphatic carbocycles. The van der Waals surface area contributed by atoms with E-state index < -0.39 is 35.2 Å². The van der Waals surface area contributed by atoms with Crippen molar-refractivity contribution in [2.75, 3.05) is 6.61 Å². The minimum absolute atomic E-state index is 0.0386. The quantitative estimate of drug-likeness (QED) is 0.764. The fraction of sp³-hybridized carbons (Fsp3) is 0.300. The van der Waals surface area contributed by atoms with Gasteiger partial charge in [-0.25, -0.2) is 22.9 Å². The maximum atomic E-state index is 13.2. The Kier molecular flexibility index (Phi) is 4.04. The van der Waals surface area contributed by atoms with Crippen molar-refractivity contribution in [1.82, 2.24) is 4.98 Å². The van der Waals surface area contributed by atoms with Gasteiger partial charge >= 0.3 is 5.97 Å². The standard InChI is InChI=1S/C10H7F3N2O2/c1-2-17-10(16)5-3-6(11)7(4-14)15-8(5)9(12)13/h3,9H,2H2,1H3. The number of hydrogen-bond donors (Lipinski definition) is 0. The van der Waals surface area contributed by atoms with Crippen LogP contribution in [0.1, 0.15) is 35.1 Å². The Morgan fingerprint density at radius 1 is 1.65 bits per heavy atom. The van der Waals surface area contributed by atoms with Crippen molar-refractivity contribution in [3.8, 4) is 6.07 Å². The number of rotatable bonds is 3. The summed E-state index contributed by atoms with van der Waals surface area (Å²) in [6.45, 7) is 1.44. The number of halogens is 3. The molecule has 0 spiro atoms. The second kappa shape index (κ2) is 5.30. The van der Waals surface area contributed by atoms with Crippen LogP contribution in [0.5, 0.6) is 0 Å². The Balaban J connectivity index is 3.34. The largest absolute Gasteiger partial charge is 0.462 e. The average molecular weight is 244 g/mol. The third kappa shape index (κ3) is 2.72. The summed E-state index contributed by atoms with van der Waals surface area (Å²) < 4.78 is 42.8. The molecule has 0 aromatic carbocycles. The molecule has 1 aromatic heterocycles. The highest BCUT2D eigenvalue weighted by molar-refractivity contribution is 5.90. The number of alkyl halides is 2. The molecule has 17 heavy (non-hydrogen) atoms. The summed E-state index contributed by atoms with van der Waals surface area (Å²) in [7, 11) is 0. The van der Waals surface area contributed by atoms with Crippen molar-refractivity contribution in [3.63, 3.8) is 0 Å². The number of ether oxygens (including phenoxy) is 1. The summed E-state index contributed by atoms with van der Waals surface area (Å²) in [5, 5.41) is 8.44. The van der Waals surface area contributed by atoms with Gasteiger partial charge in [-0.15, -0.1) is 0 Å². The predicted octanol–water partition coefficient (Wildman–Crippen LogP) is 2.21. The number of nitrogens with zero attached hydrogens (tertiary/aromatic N) is 2. The molecule has 0 aliphatic rings. The lowest BCUT2D eigenvalue weighted by molar-refractivity contribution is 0.0512. The lowest BCUT2D eigenvalue weighted by Crippen LogP contribution is -2.12. The Bertz CT molecular complexity index is 483. The van der Waals surface area contributed by atoms with Crippen molar-refractivity contribution in [2.45, 2.75) is 13.3 Å². The van der Waals surface area contributed by atoms with Crippen molar-refractivity contribution < 1.29 is 22.7 Å². The second-order valence-electron chi connectivity index (χ2n) is 2.88. The zero-order valence-electron chi connectivity index (χ0n) is 8.71. The Hall–Kier alpha value is -2.10. The van der Waals surface area contributed by atoms with Gasteiger partial charge in [-0.3, -0.25) is 0 Å². The first-order valence-electron chi connectivity index (χ1n) is 4.57. The van der Waals surface area contributed by atoms with Crippen LogP contribution in [-0.2, 0) is 4.74 Å². The van der Waals surface area contributed by atoms with E-state index in [4.69, 9.17) is 5.26 Å². The van der Waals surface area contributed by atoms with Crippen LogP contribution in [0, 0.1) is 17.1 Å². The summed E-state index contributed by atoms with van der Waals surface area (Å²) in [5.74, 6) is -2.24. The normalized spacial score (nSPS) is 10.1. The number of esters is 1. The number of aromatic nitrogens is 1. The van der Waals surface area contributed by atoms with Gasteiger partial charge in [-0.1, -0.05) is 0 Å². The SMILES string of the molecule is CCOC(=O)c1cc(F)c(C#N)nc1C(F)F. The average Bonchev–Trinajstić information content (AvgIpc) is 2.28. The summed E-state index contributed by atoms with van der Waals surface area (Å²) >= 11 is 0. The van der Waals surface area contributed by atoms with Gasteiger partial charge < -0.3 is 4.74 Å². The molecule has 7 heteroatoms. The van der Waals surface area contributed by atoms with E-state index in [0.717, 1.165) is 0 Å². The Morgan fingerprint density at radius 2 is 2.29 bits per heavy atom. The Morgan fingerprint density at radius 3 is 2.76 bits per heavy atom. The van der Waals surface area contributed by atoms with Gasteiger partial charge in [0.1, 0.15) is 11.8 Å². The topological polar surface area (TPSA) is 63.0 Å². The molecule has 0 radical (unpaired) electrons. The molecular weight excluding hydrogens is 237 g/mol. The summed E-state index contributed by atoms with van der Waals surface area (Å²) in [6.07, 6.45) is -3.10. The maximum Gasteiger partial charge on any atom is 0.340 e. The van der Waals surface area contributed by atoms with Crippen molar-refractivity contribution in [2.24, 2.45) is 0 Å². The molecule has 0 aliphatic heterocycles. The van der Waals surface area contributed by atoms with Crippen molar-refractivity contribution in [3.05, 3.63) is 28.8 Å². The lowest BCUT2D eigenvalue weighted by atomic mass is 10.1. The smallest absolute Gasteiger partial charge is 0.340 e. The molecule has 0 saturated heterocycles. The predicted molar refractivity (Wildman–Crippen MR) is 49.8 cm³/mol. The van der Waals surface area contributed by atoms with Crippen molar-refractivity contribution >= 4 is 5.97 Å². The number of carbonyl (C=O) groups is 1. The highest BCUT2D eigenvalue weighted by Crippen LogP contribution is 2.23. The van der Waals surface area contributed by atoms with Gasteiger partial charge in [0, 0.05) is 0 Å². The molecule has 0 unspecified atom stereocenters. The molecule has 0 bridgehead atoms. The molecule has 0 fully saturated rings. The third-order valence-electron chi connectivity index (χ3n) is 1.81. The first kappa shape index (κ1) is 13.0. The fourth-order valence-corrected chi connectivity index (χ4v) is 1.12. The zero-order valence-corrected chi connectivity index (χ0v) is 8.71. The molecule has 1 heterocycles. The van der Waals surface area contributed by atoms with Crippen LogP contribution in [0.15, 0.2) is 6.07 Å². The first-order valence-corrected chi connectivity index (χ1v) is 4.57. The van der Waals surface area contributed by atoms with Crippen LogP contribution in [0.4, 0.5) is 13.2 Å². The Labute approximate surface area is 94.6 Å². The molecule has 1 aromatic rings. The molecule has 0 saturated carbocycles. The number of nitriles is 1. The fourth-order valence-electron chi connectivity index (χ4n) is 1.12. The van der Waals surface area contributed by atoms with E-state index >= 15 is 0 Å². The van der Waals surface area contributed by atoms with E-state index in [1.54, 1.807) is 0 Å². The van der Waals surface area contributed by atoms with Gasteiger partial charge in [0.05, 0.1) is 12.2 Å². The highest BCUT2D eigenvalue weighted by Gasteiger charge is 2.24. The summed E-state index contributed by atoms with van der Waals surface area (Å²) in [4.78, 5) is 14.4. The van der Waals surface area contributed by atoms with Crippen LogP contribution < -0.4 is 0 Å². The number of hydrogen-bond acceptors (Lipinski definition) is 4. The number of pyridine rings is 1. The lowest BCUT2D eigenvalue weighted by Gasteiger charge is -2.07. The molecule has 0 atom stereocenters. The summed E-state index contributed by atoms with van der Waals surface area (Å²) in [5.41, 5.74) is -2.41. The van der Waals surface area contributed by atoms with Gasteiger partial charge in [-0.05, 0) is 13.0 Å². The van der Waals surface area contributed by atoms with Crippen LogP contribution in [0.25, 0.3) is 0 Å². The van der Waals surface area contributed by atoms with Gasteiger partial charge in [0.2, 0.25) is 0 Å². The van der Waals surface area contributed by atoms with E-state index in [1.165, 1.54) is 13.0 Å². The molecule has 90 valence electrons. The molecule has 0 N–H and O–H groups in total. The van der Waals surface area contributed by atoms with E-state index in [2.05, 4.69) is 9.72 Å². The summed E-state index contributed by atoms with van der Waals surface area (Å²) in [6, 6.07) is 1.85. The van der Waals surface area contributed by atoms with Crippen LogP contribution in [0.3, 0.4) is 0 Å². The zero-order chi connectivity index (χ0) is 13.0. The minimum Gasteiger partial charge on any atom is -0.462 e. The number of carbonyl (C=O) groups excluding carboxylic acids is 1. The minimum atomic E-state index is -3.10. The highest BCUT2D eigenvalue weighted by atomic mass is 19.3. The van der Waals surface area contributed by atoms with Gasteiger partial charge in [-0.2, -0.15) is 5.26 Å². The van der Waals surface area contributed by atoms with Crippen LogP contribution in [0.2, 0.25) is 0 Å². The second-order valence-corrected chi connectivity index (χ2v) is 2.88. The first-order chi connectivity index (χ1) is 8.01. The van der Waals surface area contributed by atoms with E-state index in [1.807, 2.05) is 0 Å². The molecule has 4 nitrogen and oxygen atoms in total. The van der Waals surface area contributed by atoms with E-state index in [9.17, 15) is 18.0 Å². The third-order valence-corrected chi connectivity index (χ3v) is 1.81. The van der Waals surface area contributed by atoms with Crippen molar-refractivity contribution in [1.29, 1.82) is 5.26 Å². The molecule has 0 amide bonds. The van der Waals surface area contributed by atoms with E-state index in [-0.39, 0.29) is 6.61 Å².